The first kappa shape index (κ1) is 26.2. The summed E-state index contributed by atoms with van der Waals surface area (Å²) in [6.07, 6.45) is 4.64. The number of benzene rings is 1. The topological polar surface area (TPSA) is 74.6 Å². The van der Waals surface area contributed by atoms with Crippen molar-refractivity contribution >= 4 is 11.9 Å². The average molecular weight is 419 g/mol. The normalized spacial score (nSPS) is 14.2. The van der Waals surface area contributed by atoms with E-state index in [1.165, 1.54) is 0 Å². The Balaban J connectivity index is 3.41. The summed E-state index contributed by atoms with van der Waals surface area (Å²) in [7, 11) is 0. The molecule has 0 amide bonds. The van der Waals surface area contributed by atoms with Crippen LogP contribution in [0.1, 0.15) is 116 Å². The van der Waals surface area contributed by atoms with E-state index in [-0.39, 0.29) is 5.41 Å². The van der Waals surface area contributed by atoms with Gasteiger partial charge in [0, 0.05) is 0 Å². The number of aliphatic carboxylic acids is 2. The second-order valence-electron chi connectivity index (χ2n) is 10.5. The molecule has 4 nitrogen and oxygen atoms in total. The van der Waals surface area contributed by atoms with Crippen LogP contribution in [0.4, 0.5) is 0 Å². The van der Waals surface area contributed by atoms with E-state index < -0.39 is 23.8 Å². The van der Waals surface area contributed by atoms with E-state index in [9.17, 15) is 19.8 Å². The molecule has 1 aromatic rings. The number of rotatable bonds is 12. The van der Waals surface area contributed by atoms with Crippen LogP contribution in [0.25, 0.3) is 0 Å². The molecule has 30 heavy (non-hydrogen) atoms. The molecule has 170 valence electrons. The maximum absolute atomic E-state index is 12.2. The van der Waals surface area contributed by atoms with Crippen LogP contribution in [-0.4, -0.2) is 22.2 Å². The van der Waals surface area contributed by atoms with Gasteiger partial charge in [-0.2, -0.15) is 0 Å². The van der Waals surface area contributed by atoms with Crippen molar-refractivity contribution in [3.63, 3.8) is 0 Å². The Morgan fingerprint density at radius 2 is 1.20 bits per heavy atom. The molecule has 0 fully saturated rings. The molecule has 0 heterocycles. The molecule has 1 rings (SSSR count). The molecule has 4 heteroatoms. The number of carbonyl (C=O) groups is 2. The summed E-state index contributed by atoms with van der Waals surface area (Å²) in [5.41, 5.74) is 2.28. The fourth-order valence-electron chi connectivity index (χ4n) is 3.94. The van der Waals surface area contributed by atoms with Crippen molar-refractivity contribution in [1.82, 2.24) is 0 Å². The molecule has 0 radical (unpaired) electrons. The van der Waals surface area contributed by atoms with Crippen LogP contribution < -0.4 is 0 Å². The molecule has 0 aliphatic heterocycles. The van der Waals surface area contributed by atoms with Gasteiger partial charge >= 0.3 is 11.9 Å². The van der Waals surface area contributed by atoms with Gasteiger partial charge in [-0.1, -0.05) is 92.3 Å². The van der Waals surface area contributed by atoms with Gasteiger partial charge in [-0.05, 0) is 46.8 Å². The quantitative estimate of drug-likeness (QED) is 0.384. The second kappa shape index (κ2) is 11.5. The lowest BCUT2D eigenvalue weighted by atomic mass is 9.78. The molecule has 0 saturated heterocycles. The Kier molecular flexibility index (Phi) is 10.1. The first-order valence-electron chi connectivity index (χ1n) is 11.4. The Morgan fingerprint density at radius 1 is 0.767 bits per heavy atom. The zero-order valence-corrected chi connectivity index (χ0v) is 20.0. The van der Waals surface area contributed by atoms with Gasteiger partial charge in [0.1, 0.15) is 0 Å². The van der Waals surface area contributed by atoms with Crippen molar-refractivity contribution in [2.24, 2.45) is 11.8 Å². The van der Waals surface area contributed by atoms with Gasteiger partial charge in [0.2, 0.25) is 0 Å². The van der Waals surface area contributed by atoms with E-state index in [1.807, 2.05) is 18.2 Å². The lowest BCUT2D eigenvalue weighted by molar-refractivity contribution is -0.140. The molecule has 0 aromatic heterocycles. The fraction of sp³-hybridized carbons (Fsp3) is 0.692. The minimum Gasteiger partial charge on any atom is -0.481 e. The Morgan fingerprint density at radius 3 is 1.57 bits per heavy atom. The number of hydrogen-bond donors (Lipinski definition) is 2. The molecule has 0 aliphatic carbocycles. The van der Waals surface area contributed by atoms with Gasteiger partial charge in [-0.3, -0.25) is 9.59 Å². The van der Waals surface area contributed by atoms with Gasteiger partial charge in [0.25, 0.3) is 0 Å². The molecule has 0 saturated carbocycles. The van der Waals surface area contributed by atoms with Gasteiger partial charge in [-0.25, -0.2) is 0 Å². The van der Waals surface area contributed by atoms with Crippen LogP contribution in [0.2, 0.25) is 0 Å². The van der Waals surface area contributed by atoms with E-state index in [1.54, 1.807) is 0 Å². The molecular formula is C26H42O4. The molecule has 1 aromatic carbocycles. The van der Waals surface area contributed by atoms with E-state index in [4.69, 9.17) is 0 Å². The third-order valence-electron chi connectivity index (χ3n) is 5.85. The van der Waals surface area contributed by atoms with E-state index >= 15 is 0 Å². The molecule has 2 N–H and O–H groups in total. The molecule has 0 spiro atoms. The van der Waals surface area contributed by atoms with Gasteiger partial charge in [-0.15, -0.1) is 0 Å². The van der Waals surface area contributed by atoms with Crippen molar-refractivity contribution in [2.75, 3.05) is 0 Å². The van der Waals surface area contributed by atoms with E-state index in [0.29, 0.717) is 35.8 Å². The predicted octanol–water partition coefficient (Wildman–Crippen LogP) is 6.97. The van der Waals surface area contributed by atoms with Gasteiger partial charge in [0.05, 0.1) is 11.8 Å². The second-order valence-corrected chi connectivity index (χ2v) is 10.5. The summed E-state index contributed by atoms with van der Waals surface area (Å²) in [6.45, 7) is 14.8. The molecule has 0 bridgehead atoms. The van der Waals surface area contributed by atoms with Crippen LogP contribution in [0.5, 0.6) is 0 Å². The first-order chi connectivity index (χ1) is 13.8. The largest absolute Gasteiger partial charge is 0.481 e. The zero-order chi connectivity index (χ0) is 23.1. The van der Waals surface area contributed by atoms with Crippen LogP contribution in [0.15, 0.2) is 18.2 Å². The van der Waals surface area contributed by atoms with Gasteiger partial charge in [0.15, 0.2) is 0 Å². The SMILES string of the molecule is CC(C)CCCC(C(=O)O)c1ccc(C(C)(C)C)cc1C(CCCC(C)C)C(=O)O. The smallest absolute Gasteiger partial charge is 0.310 e. The van der Waals surface area contributed by atoms with Crippen LogP contribution >= 0.6 is 0 Å². The maximum Gasteiger partial charge on any atom is 0.310 e. The van der Waals surface area contributed by atoms with Crippen molar-refractivity contribution in [3.05, 3.63) is 34.9 Å². The molecule has 2 atom stereocenters. The standard InChI is InChI=1S/C26H42O4/c1-17(2)10-8-12-21(24(27)28)20-15-14-19(26(5,6)7)16-23(20)22(25(29)30)13-9-11-18(3)4/h14-18,21-22H,8-13H2,1-7H3,(H,27,28)(H,29,30). The highest BCUT2D eigenvalue weighted by atomic mass is 16.4. The molecule has 0 aliphatic rings. The molecular weight excluding hydrogens is 376 g/mol. The maximum atomic E-state index is 12.2. The number of hydrogen-bond acceptors (Lipinski definition) is 2. The summed E-state index contributed by atoms with van der Waals surface area (Å²) >= 11 is 0. The van der Waals surface area contributed by atoms with Crippen LogP contribution in [-0.2, 0) is 15.0 Å². The zero-order valence-electron chi connectivity index (χ0n) is 20.0. The monoisotopic (exact) mass is 418 g/mol. The number of carboxylic acids is 2. The summed E-state index contributed by atoms with van der Waals surface area (Å²) in [4.78, 5) is 24.4. The first-order valence-corrected chi connectivity index (χ1v) is 11.4. The van der Waals surface area contributed by atoms with Crippen molar-refractivity contribution < 1.29 is 19.8 Å². The van der Waals surface area contributed by atoms with Crippen molar-refractivity contribution in [2.45, 2.75) is 104 Å². The highest BCUT2D eigenvalue weighted by Crippen LogP contribution is 2.36. The third-order valence-corrected chi connectivity index (χ3v) is 5.85. The van der Waals surface area contributed by atoms with E-state index in [0.717, 1.165) is 31.2 Å². The number of carboxylic acid groups (broad SMARTS) is 2. The van der Waals surface area contributed by atoms with Crippen molar-refractivity contribution in [1.29, 1.82) is 0 Å². The van der Waals surface area contributed by atoms with E-state index in [2.05, 4.69) is 48.5 Å². The molecule has 2 unspecified atom stereocenters. The lowest BCUT2D eigenvalue weighted by Gasteiger charge is -2.26. The van der Waals surface area contributed by atoms with Crippen molar-refractivity contribution in [3.8, 4) is 0 Å². The summed E-state index contributed by atoms with van der Waals surface area (Å²) in [5, 5.41) is 20.0. The lowest BCUT2D eigenvalue weighted by Crippen LogP contribution is -2.21. The predicted molar refractivity (Wildman–Crippen MR) is 123 cm³/mol. The Hall–Kier alpha value is -1.84. The highest BCUT2D eigenvalue weighted by Gasteiger charge is 2.30. The van der Waals surface area contributed by atoms with Crippen LogP contribution in [0.3, 0.4) is 0 Å². The summed E-state index contributed by atoms with van der Waals surface area (Å²) in [5.74, 6) is -2.03. The minimum absolute atomic E-state index is 0.134. The fourth-order valence-corrected chi connectivity index (χ4v) is 3.94. The minimum atomic E-state index is -0.866. The van der Waals surface area contributed by atoms with Crippen LogP contribution in [0, 0.1) is 11.8 Å². The Labute approximate surface area is 183 Å². The Bertz CT molecular complexity index is 697. The highest BCUT2D eigenvalue weighted by molar-refractivity contribution is 5.80. The summed E-state index contributed by atoms with van der Waals surface area (Å²) in [6, 6.07) is 5.81. The summed E-state index contributed by atoms with van der Waals surface area (Å²) < 4.78 is 0. The van der Waals surface area contributed by atoms with Gasteiger partial charge < -0.3 is 10.2 Å². The average Bonchev–Trinajstić information content (AvgIpc) is 2.60. The third kappa shape index (κ3) is 8.12.